The minimum atomic E-state index is -0.179. The first-order valence-electron chi connectivity index (χ1n) is 6.49. The van der Waals surface area contributed by atoms with Crippen molar-refractivity contribution in [2.45, 2.75) is 25.8 Å². The Bertz CT molecular complexity index is 450. The second-order valence-corrected chi connectivity index (χ2v) is 6.05. The number of aromatic nitrogens is 1. The molecule has 0 atom stereocenters. The molecule has 0 aromatic carbocycles. The van der Waals surface area contributed by atoms with E-state index in [1.165, 1.54) is 0 Å². The number of halogens is 1. The van der Waals surface area contributed by atoms with E-state index in [0.717, 1.165) is 30.9 Å². The van der Waals surface area contributed by atoms with Crippen LogP contribution >= 0.6 is 23.4 Å². The summed E-state index contributed by atoms with van der Waals surface area (Å²) in [6, 6.07) is 3.73. The average molecular weight is 300 g/mol. The molecule has 104 valence electrons. The molecule has 4 nitrogen and oxygen atoms in total. The number of nitrogens with zero attached hydrogens (tertiary/aromatic N) is 1. The second kappa shape index (κ2) is 7.01. The maximum Gasteiger partial charge on any atom is 0.271 e. The lowest BCUT2D eigenvalue weighted by Gasteiger charge is -2.22. The summed E-state index contributed by atoms with van der Waals surface area (Å²) in [6.07, 6.45) is 2.03. The van der Waals surface area contributed by atoms with Crippen LogP contribution in [0.2, 0.25) is 5.02 Å². The number of rotatable bonds is 4. The Morgan fingerprint density at radius 3 is 2.89 bits per heavy atom. The Labute approximate surface area is 122 Å². The number of anilines is 1. The third-order valence-electron chi connectivity index (χ3n) is 2.98. The topological polar surface area (TPSA) is 54.0 Å². The molecule has 1 aliphatic rings. The molecule has 0 spiro atoms. The Hall–Kier alpha value is -0.940. The average Bonchev–Trinajstić information content (AvgIpc) is 2.42. The van der Waals surface area contributed by atoms with E-state index < -0.39 is 0 Å². The van der Waals surface area contributed by atoms with Crippen LogP contribution < -0.4 is 10.6 Å². The van der Waals surface area contributed by atoms with Crippen molar-refractivity contribution >= 4 is 35.1 Å². The minimum absolute atomic E-state index is 0.179. The fourth-order valence-corrected chi connectivity index (χ4v) is 3.27. The van der Waals surface area contributed by atoms with Crippen molar-refractivity contribution in [2.24, 2.45) is 0 Å². The van der Waals surface area contributed by atoms with Crippen LogP contribution in [-0.2, 0) is 0 Å². The number of thioether (sulfide) groups is 1. The van der Waals surface area contributed by atoms with Crippen molar-refractivity contribution in [1.82, 2.24) is 10.3 Å². The summed E-state index contributed by atoms with van der Waals surface area (Å²) in [5, 5.41) is 6.49. The highest BCUT2D eigenvalue weighted by atomic mass is 35.5. The summed E-state index contributed by atoms with van der Waals surface area (Å²) >= 11 is 7.98. The normalized spacial score (nSPS) is 16.1. The first-order chi connectivity index (χ1) is 9.20. The monoisotopic (exact) mass is 299 g/mol. The predicted molar refractivity (Wildman–Crippen MR) is 81.2 cm³/mol. The molecule has 1 aliphatic heterocycles. The number of amides is 1. The molecular weight excluding hydrogens is 282 g/mol. The summed E-state index contributed by atoms with van der Waals surface area (Å²) < 4.78 is 0. The summed E-state index contributed by atoms with van der Waals surface area (Å²) in [4.78, 5) is 16.5. The molecule has 0 radical (unpaired) electrons. The summed E-state index contributed by atoms with van der Waals surface area (Å²) in [7, 11) is 0. The van der Waals surface area contributed by atoms with Gasteiger partial charge in [0.1, 0.15) is 11.5 Å². The maximum absolute atomic E-state index is 12.2. The van der Waals surface area contributed by atoms with Crippen molar-refractivity contribution in [3.8, 4) is 0 Å². The Morgan fingerprint density at radius 2 is 2.21 bits per heavy atom. The van der Waals surface area contributed by atoms with Gasteiger partial charge in [-0.05, 0) is 43.4 Å². The number of carbonyl (C=O) groups is 1. The van der Waals surface area contributed by atoms with Crippen molar-refractivity contribution in [3.63, 3.8) is 0 Å². The van der Waals surface area contributed by atoms with Crippen molar-refractivity contribution in [2.75, 3.05) is 23.4 Å². The summed E-state index contributed by atoms with van der Waals surface area (Å²) in [5.74, 6) is 2.70. The molecule has 2 rings (SSSR count). The third kappa shape index (κ3) is 4.01. The van der Waals surface area contributed by atoms with E-state index in [0.29, 0.717) is 16.5 Å². The lowest BCUT2D eigenvalue weighted by Crippen LogP contribution is -2.37. The van der Waals surface area contributed by atoms with Gasteiger partial charge in [-0.15, -0.1) is 0 Å². The zero-order chi connectivity index (χ0) is 13.7. The van der Waals surface area contributed by atoms with Gasteiger partial charge >= 0.3 is 0 Å². The fraction of sp³-hybridized carbons (Fsp3) is 0.538. The van der Waals surface area contributed by atoms with Crippen LogP contribution in [-0.4, -0.2) is 35.0 Å². The van der Waals surface area contributed by atoms with E-state index in [9.17, 15) is 4.79 Å². The van der Waals surface area contributed by atoms with E-state index in [4.69, 9.17) is 11.6 Å². The van der Waals surface area contributed by atoms with Crippen LogP contribution in [0.1, 0.15) is 30.3 Å². The Morgan fingerprint density at radius 1 is 1.47 bits per heavy atom. The van der Waals surface area contributed by atoms with Gasteiger partial charge in [0, 0.05) is 12.6 Å². The molecule has 1 fully saturated rings. The lowest BCUT2D eigenvalue weighted by molar-refractivity contribution is 0.0930. The van der Waals surface area contributed by atoms with Gasteiger partial charge in [-0.25, -0.2) is 4.98 Å². The quantitative estimate of drug-likeness (QED) is 0.897. The first-order valence-corrected chi connectivity index (χ1v) is 8.03. The molecule has 0 saturated carbocycles. The molecule has 0 bridgehead atoms. The molecule has 2 N–H and O–H groups in total. The highest BCUT2D eigenvalue weighted by Crippen LogP contribution is 2.20. The largest absolute Gasteiger partial charge is 0.370 e. The zero-order valence-electron chi connectivity index (χ0n) is 10.9. The van der Waals surface area contributed by atoms with Gasteiger partial charge < -0.3 is 10.6 Å². The second-order valence-electron chi connectivity index (χ2n) is 4.42. The standard InChI is InChI=1S/C13H18ClN3OS/c1-2-15-11-4-3-10(14)12(17-11)13(18)16-9-5-7-19-8-6-9/h3-4,9H,2,5-8H2,1H3,(H,15,17)(H,16,18). The van der Waals surface area contributed by atoms with Crippen LogP contribution in [0.4, 0.5) is 5.82 Å². The van der Waals surface area contributed by atoms with Gasteiger partial charge in [0.2, 0.25) is 0 Å². The van der Waals surface area contributed by atoms with E-state index in [2.05, 4.69) is 15.6 Å². The molecular formula is C13H18ClN3OS. The van der Waals surface area contributed by atoms with Gasteiger partial charge in [0.25, 0.3) is 5.91 Å². The molecule has 1 aromatic heterocycles. The number of pyridine rings is 1. The molecule has 0 unspecified atom stereocenters. The maximum atomic E-state index is 12.2. The van der Waals surface area contributed by atoms with Crippen LogP contribution in [0, 0.1) is 0 Å². The molecule has 1 amide bonds. The summed E-state index contributed by atoms with van der Waals surface area (Å²) in [6.45, 7) is 2.74. The smallest absolute Gasteiger partial charge is 0.271 e. The first kappa shape index (κ1) is 14.5. The third-order valence-corrected chi connectivity index (χ3v) is 4.33. The SMILES string of the molecule is CCNc1ccc(Cl)c(C(=O)NC2CCSCC2)n1. The highest BCUT2D eigenvalue weighted by Gasteiger charge is 2.19. The number of carbonyl (C=O) groups excluding carboxylic acids is 1. The fourth-order valence-electron chi connectivity index (χ4n) is 1.98. The van der Waals surface area contributed by atoms with Crippen LogP contribution in [0.25, 0.3) is 0 Å². The van der Waals surface area contributed by atoms with E-state index in [1.54, 1.807) is 12.1 Å². The Kier molecular flexibility index (Phi) is 5.34. The number of nitrogens with one attached hydrogen (secondary N) is 2. The minimum Gasteiger partial charge on any atom is -0.370 e. The van der Waals surface area contributed by atoms with Crippen LogP contribution in [0.5, 0.6) is 0 Å². The van der Waals surface area contributed by atoms with Gasteiger partial charge in [-0.2, -0.15) is 11.8 Å². The van der Waals surface area contributed by atoms with Crippen LogP contribution in [0.15, 0.2) is 12.1 Å². The molecule has 1 saturated heterocycles. The van der Waals surface area contributed by atoms with Gasteiger partial charge in [0.15, 0.2) is 0 Å². The predicted octanol–water partition coefficient (Wildman–Crippen LogP) is 2.79. The summed E-state index contributed by atoms with van der Waals surface area (Å²) in [5.41, 5.74) is 0.304. The lowest BCUT2D eigenvalue weighted by atomic mass is 10.1. The van der Waals surface area contributed by atoms with Gasteiger partial charge in [-0.3, -0.25) is 4.79 Å². The van der Waals surface area contributed by atoms with Crippen LogP contribution in [0.3, 0.4) is 0 Å². The van der Waals surface area contributed by atoms with E-state index >= 15 is 0 Å². The Balaban J connectivity index is 2.06. The van der Waals surface area contributed by atoms with Gasteiger partial charge in [-0.1, -0.05) is 11.6 Å². The number of hydrogen-bond acceptors (Lipinski definition) is 4. The molecule has 19 heavy (non-hydrogen) atoms. The molecule has 1 aromatic rings. The highest BCUT2D eigenvalue weighted by molar-refractivity contribution is 7.99. The van der Waals surface area contributed by atoms with E-state index in [-0.39, 0.29) is 11.9 Å². The number of hydrogen-bond donors (Lipinski definition) is 2. The van der Waals surface area contributed by atoms with Gasteiger partial charge in [0.05, 0.1) is 5.02 Å². The molecule has 6 heteroatoms. The van der Waals surface area contributed by atoms with E-state index in [1.807, 2.05) is 18.7 Å². The van der Waals surface area contributed by atoms with Crippen molar-refractivity contribution in [3.05, 3.63) is 22.8 Å². The molecule has 2 heterocycles. The van der Waals surface area contributed by atoms with Crippen molar-refractivity contribution in [1.29, 1.82) is 0 Å². The zero-order valence-corrected chi connectivity index (χ0v) is 12.5. The van der Waals surface area contributed by atoms with Crippen molar-refractivity contribution < 1.29 is 4.79 Å². The molecule has 0 aliphatic carbocycles.